The van der Waals surface area contributed by atoms with Crippen LogP contribution in [0, 0.1) is 6.92 Å². The number of thiazole rings is 1. The van der Waals surface area contributed by atoms with E-state index in [0.717, 1.165) is 67.4 Å². The highest BCUT2D eigenvalue weighted by molar-refractivity contribution is 7.13. The summed E-state index contributed by atoms with van der Waals surface area (Å²) in [6, 6.07) is 18.5. The molecule has 2 aromatic heterocycles. The van der Waals surface area contributed by atoms with Crippen molar-refractivity contribution in [1.29, 1.82) is 0 Å². The highest BCUT2D eigenvalue weighted by Gasteiger charge is 2.23. The topological polar surface area (TPSA) is 71.1 Å². The zero-order chi connectivity index (χ0) is 24.6. The Hall–Kier alpha value is -3.97. The summed E-state index contributed by atoms with van der Waals surface area (Å²) in [5.74, 6) is 1.77. The first-order valence-corrected chi connectivity index (χ1v) is 13.0. The number of hydrogen-bond donors (Lipinski definition) is 1. The number of rotatable bonds is 4. The molecule has 0 atom stereocenters. The largest absolute Gasteiger partial charge is 0.491 e. The van der Waals surface area contributed by atoms with Crippen LogP contribution in [0.2, 0.25) is 0 Å². The van der Waals surface area contributed by atoms with Crippen molar-refractivity contribution in [2.75, 3.05) is 13.2 Å². The average molecular weight is 495 g/mol. The van der Waals surface area contributed by atoms with Gasteiger partial charge in [-0.3, -0.25) is 4.79 Å². The Morgan fingerprint density at radius 2 is 1.92 bits per heavy atom. The molecule has 1 aliphatic heterocycles. The van der Waals surface area contributed by atoms with Gasteiger partial charge in [0.1, 0.15) is 23.2 Å². The van der Waals surface area contributed by atoms with Crippen molar-refractivity contribution < 1.29 is 9.53 Å². The highest BCUT2D eigenvalue weighted by atomic mass is 32.1. The summed E-state index contributed by atoms with van der Waals surface area (Å²) in [4.78, 5) is 27.8. The van der Waals surface area contributed by atoms with Crippen LogP contribution in [-0.2, 0) is 13.0 Å². The van der Waals surface area contributed by atoms with Crippen molar-refractivity contribution in [3.8, 4) is 27.4 Å². The zero-order valence-electron chi connectivity index (χ0n) is 20.2. The van der Waals surface area contributed by atoms with Gasteiger partial charge in [0.2, 0.25) is 0 Å². The van der Waals surface area contributed by atoms with Crippen molar-refractivity contribution in [3.63, 3.8) is 0 Å². The smallest absolute Gasteiger partial charge is 0.254 e. The number of nitrogens with one attached hydrogen (secondary N) is 1. The van der Waals surface area contributed by atoms with Crippen LogP contribution in [0.15, 0.2) is 66.2 Å². The maximum Gasteiger partial charge on any atom is 0.254 e. The van der Waals surface area contributed by atoms with Crippen molar-refractivity contribution in [2.45, 2.75) is 26.8 Å². The van der Waals surface area contributed by atoms with Crippen LogP contribution in [0.5, 0.6) is 5.75 Å². The minimum atomic E-state index is 0.0359. The number of aromatic nitrogens is 3. The Kier molecular flexibility index (Phi) is 5.77. The van der Waals surface area contributed by atoms with E-state index in [1.807, 2.05) is 47.7 Å². The Labute approximate surface area is 213 Å². The molecule has 1 amide bonds. The summed E-state index contributed by atoms with van der Waals surface area (Å²) in [7, 11) is 0. The second-order valence-corrected chi connectivity index (χ2v) is 9.91. The molecule has 3 heterocycles. The van der Waals surface area contributed by atoms with Crippen LogP contribution in [-0.4, -0.2) is 38.9 Å². The molecule has 0 saturated carbocycles. The van der Waals surface area contributed by atoms with Gasteiger partial charge in [0.25, 0.3) is 5.91 Å². The molecule has 6 rings (SSSR count). The van der Waals surface area contributed by atoms with E-state index in [-0.39, 0.29) is 5.91 Å². The highest BCUT2D eigenvalue weighted by Crippen LogP contribution is 2.32. The van der Waals surface area contributed by atoms with Crippen LogP contribution in [0.25, 0.3) is 32.7 Å². The summed E-state index contributed by atoms with van der Waals surface area (Å²) < 4.78 is 6.04. The van der Waals surface area contributed by atoms with Crippen molar-refractivity contribution in [2.24, 2.45) is 0 Å². The number of amides is 1. The molecule has 180 valence electrons. The van der Waals surface area contributed by atoms with E-state index in [9.17, 15) is 4.79 Å². The number of aromatic amines is 1. The van der Waals surface area contributed by atoms with Crippen LogP contribution in [0.3, 0.4) is 0 Å². The second-order valence-electron chi connectivity index (χ2n) is 9.01. The van der Waals surface area contributed by atoms with E-state index in [1.165, 1.54) is 0 Å². The third-order valence-electron chi connectivity index (χ3n) is 6.66. The van der Waals surface area contributed by atoms with Gasteiger partial charge in [-0.2, -0.15) is 0 Å². The number of benzene rings is 3. The number of carbonyl (C=O) groups excluding carboxylic acids is 1. The molecular formula is C29H26N4O2S. The molecule has 0 spiro atoms. The van der Waals surface area contributed by atoms with Crippen molar-refractivity contribution >= 4 is 28.3 Å². The number of fused-ring (bicyclic) bond motifs is 2. The van der Waals surface area contributed by atoms with E-state index >= 15 is 0 Å². The normalized spacial score (nSPS) is 13.3. The molecular weight excluding hydrogens is 468 g/mol. The summed E-state index contributed by atoms with van der Waals surface area (Å²) >= 11 is 1.61. The maximum absolute atomic E-state index is 13.7. The SMILES string of the molecule is CCc1cc(-c2nccs2)ccc1C(=O)N1CCOc2ccc(-c3ccc4nc(C)[nH]c4c3)cc2C1. The van der Waals surface area contributed by atoms with Gasteiger partial charge in [-0.15, -0.1) is 11.3 Å². The molecule has 1 N–H and O–H groups in total. The molecule has 0 radical (unpaired) electrons. The van der Waals surface area contributed by atoms with Crippen LogP contribution < -0.4 is 4.74 Å². The summed E-state index contributed by atoms with van der Waals surface area (Å²) in [5, 5.41) is 2.94. The standard InChI is InChI=1S/C29H26N4O2S/c1-3-19-14-22(28-30-10-13-36-28)4-7-24(19)29(34)33-11-12-35-27-9-6-20(15-23(27)17-33)21-5-8-25-26(16-21)32-18(2)31-25/h4-10,13-16H,3,11-12,17H2,1-2H3,(H,31,32). The number of aryl methyl sites for hydroxylation is 2. The molecule has 0 saturated heterocycles. The van der Waals surface area contributed by atoms with Crippen LogP contribution >= 0.6 is 11.3 Å². The fourth-order valence-electron chi connectivity index (χ4n) is 4.83. The number of imidazole rings is 1. The first kappa shape index (κ1) is 22.5. The van der Waals surface area contributed by atoms with Gasteiger partial charge in [0, 0.05) is 34.8 Å². The molecule has 0 bridgehead atoms. The fraction of sp³-hybridized carbons (Fsp3) is 0.207. The minimum absolute atomic E-state index is 0.0359. The second kappa shape index (κ2) is 9.24. The van der Waals surface area contributed by atoms with Gasteiger partial charge in [-0.1, -0.05) is 25.1 Å². The quantitative estimate of drug-likeness (QED) is 0.320. The minimum Gasteiger partial charge on any atom is -0.491 e. The third-order valence-corrected chi connectivity index (χ3v) is 7.48. The first-order valence-electron chi connectivity index (χ1n) is 12.1. The van der Waals surface area contributed by atoms with E-state index in [0.29, 0.717) is 19.7 Å². The van der Waals surface area contributed by atoms with Gasteiger partial charge in [0.15, 0.2) is 0 Å². The molecule has 0 unspecified atom stereocenters. The summed E-state index contributed by atoms with van der Waals surface area (Å²) in [6.07, 6.45) is 2.59. The van der Waals surface area contributed by atoms with E-state index < -0.39 is 0 Å². The Morgan fingerprint density at radius 1 is 1.08 bits per heavy atom. The molecule has 6 nitrogen and oxygen atoms in total. The van der Waals surface area contributed by atoms with E-state index in [4.69, 9.17) is 4.74 Å². The lowest BCUT2D eigenvalue weighted by Crippen LogP contribution is -2.33. The fourth-order valence-corrected chi connectivity index (χ4v) is 5.46. The van der Waals surface area contributed by atoms with E-state index in [1.54, 1.807) is 11.3 Å². The van der Waals surface area contributed by atoms with Gasteiger partial charge >= 0.3 is 0 Å². The average Bonchev–Trinajstić information content (AvgIpc) is 3.51. The molecule has 3 aromatic carbocycles. The number of nitrogens with zero attached hydrogens (tertiary/aromatic N) is 3. The number of H-pyrrole nitrogens is 1. The Balaban J connectivity index is 1.30. The molecule has 0 fully saturated rings. The third kappa shape index (κ3) is 4.16. The van der Waals surface area contributed by atoms with Gasteiger partial charge in [0.05, 0.1) is 17.6 Å². The lowest BCUT2D eigenvalue weighted by Gasteiger charge is -2.22. The predicted molar refractivity (Wildman–Crippen MR) is 143 cm³/mol. The maximum atomic E-state index is 13.7. The van der Waals surface area contributed by atoms with Crippen molar-refractivity contribution in [3.05, 3.63) is 88.7 Å². The summed E-state index contributed by atoms with van der Waals surface area (Å²) in [5.41, 5.74) is 8.01. The predicted octanol–water partition coefficient (Wildman–Crippen LogP) is 6.26. The zero-order valence-corrected chi connectivity index (χ0v) is 21.1. The first-order chi connectivity index (χ1) is 17.6. The molecule has 5 aromatic rings. The molecule has 0 aliphatic carbocycles. The molecule has 1 aliphatic rings. The monoisotopic (exact) mass is 494 g/mol. The lowest BCUT2D eigenvalue weighted by atomic mass is 9.99. The molecule has 7 heteroatoms. The van der Waals surface area contributed by atoms with Crippen LogP contribution in [0.1, 0.15) is 34.2 Å². The summed E-state index contributed by atoms with van der Waals surface area (Å²) in [6.45, 7) is 5.56. The van der Waals surface area contributed by atoms with Gasteiger partial charge in [-0.25, -0.2) is 9.97 Å². The Bertz CT molecular complexity index is 1570. The molecule has 36 heavy (non-hydrogen) atoms. The van der Waals surface area contributed by atoms with Crippen molar-refractivity contribution in [1.82, 2.24) is 19.9 Å². The Morgan fingerprint density at radius 3 is 2.75 bits per heavy atom. The van der Waals surface area contributed by atoms with E-state index in [2.05, 4.69) is 52.2 Å². The number of ether oxygens (including phenoxy) is 1. The van der Waals surface area contributed by atoms with Gasteiger partial charge < -0.3 is 14.6 Å². The van der Waals surface area contributed by atoms with Gasteiger partial charge in [-0.05, 0) is 66.4 Å². The van der Waals surface area contributed by atoms with Crippen LogP contribution in [0.4, 0.5) is 0 Å². The lowest BCUT2D eigenvalue weighted by molar-refractivity contribution is 0.0732. The number of hydrogen-bond acceptors (Lipinski definition) is 5. The number of carbonyl (C=O) groups is 1.